The second-order valence-electron chi connectivity index (χ2n) is 4.12. The summed E-state index contributed by atoms with van der Waals surface area (Å²) >= 11 is 0. The lowest BCUT2D eigenvalue weighted by Crippen LogP contribution is -2.30. The molecule has 2 rings (SSSR count). The van der Waals surface area contributed by atoms with Crippen LogP contribution in [-0.4, -0.2) is 18.5 Å². The maximum atomic E-state index is 2.40. The van der Waals surface area contributed by atoms with Crippen molar-refractivity contribution >= 4 is 0 Å². The molecular weight excluding hydrogens is 170 g/mol. The predicted octanol–water partition coefficient (Wildman–Crippen LogP) is 3.59. The number of nitrogens with zero attached hydrogens (tertiary/aromatic N) is 1. The van der Waals surface area contributed by atoms with Crippen LogP contribution in [0.15, 0.2) is 23.4 Å². The van der Waals surface area contributed by atoms with E-state index >= 15 is 0 Å². The molecule has 0 aromatic heterocycles. The number of rotatable bonds is 0. The Labute approximate surface area is 88.5 Å². The highest BCUT2D eigenvalue weighted by atomic mass is 15.1. The summed E-state index contributed by atoms with van der Waals surface area (Å²) in [5.74, 6) is 0.847. The molecule has 1 unspecified atom stereocenters. The molecule has 0 saturated carbocycles. The van der Waals surface area contributed by atoms with E-state index in [0.717, 1.165) is 5.92 Å². The lowest BCUT2D eigenvalue weighted by atomic mass is 9.89. The second-order valence-corrected chi connectivity index (χ2v) is 4.12. The van der Waals surface area contributed by atoms with Crippen LogP contribution < -0.4 is 0 Å². The molecule has 0 aromatic rings. The van der Waals surface area contributed by atoms with Crippen LogP contribution in [0.2, 0.25) is 0 Å². The predicted molar refractivity (Wildman–Crippen MR) is 63.2 cm³/mol. The number of allylic oxidation sites excluding steroid dienone is 3. The first-order valence-corrected chi connectivity index (χ1v) is 5.87. The SMILES string of the molecule is CC.CC1CC2=C(C=CCC2)N(C)C1. The van der Waals surface area contributed by atoms with Gasteiger partial charge in [-0.05, 0) is 36.8 Å². The smallest absolute Gasteiger partial charge is 0.0352 e. The minimum absolute atomic E-state index is 0.847. The van der Waals surface area contributed by atoms with Crippen LogP contribution in [0.25, 0.3) is 0 Å². The van der Waals surface area contributed by atoms with Gasteiger partial charge in [-0.1, -0.05) is 26.8 Å². The summed E-state index contributed by atoms with van der Waals surface area (Å²) in [6.45, 7) is 7.57. The maximum absolute atomic E-state index is 2.40. The molecule has 0 fully saturated rings. The van der Waals surface area contributed by atoms with Gasteiger partial charge in [-0.15, -0.1) is 0 Å². The van der Waals surface area contributed by atoms with E-state index in [1.54, 1.807) is 5.57 Å². The zero-order chi connectivity index (χ0) is 10.6. The normalized spacial score (nSPS) is 25.4. The third-order valence-electron chi connectivity index (χ3n) is 2.84. The van der Waals surface area contributed by atoms with Crippen LogP contribution >= 0.6 is 0 Å². The van der Waals surface area contributed by atoms with Crippen LogP contribution in [0.3, 0.4) is 0 Å². The fraction of sp³-hybridized carbons (Fsp3) is 0.692. The van der Waals surface area contributed by atoms with Crippen molar-refractivity contribution in [1.82, 2.24) is 4.90 Å². The average Bonchev–Trinajstić information content (AvgIpc) is 2.20. The van der Waals surface area contributed by atoms with Gasteiger partial charge in [0.25, 0.3) is 0 Å². The molecule has 0 radical (unpaired) electrons. The quantitative estimate of drug-likeness (QED) is 0.568. The Morgan fingerprint density at radius 1 is 1.36 bits per heavy atom. The first-order chi connectivity index (χ1) is 6.77. The third kappa shape index (κ3) is 2.40. The van der Waals surface area contributed by atoms with E-state index in [1.807, 2.05) is 13.8 Å². The molecule has 14 heavy (non-hydrogen) atoms. The summed E-state index contributed by atoms with van der Waals surface area (Å²) in [7, 11) is 2.21. The molecule has 1 nitrogen and oxygen atoms in total. The van der Waals surface area contributed by atoms with Gasteiger partial charge in [0, 0.05) is 19.3 Å². The van der Waals surface area contributed by atoms with E-state index < -0.39 is 0 Å². The van der Waals surface area contributed by atoms with Gasteiger partial charge in [-0.2, -0.15) is 0 Å². The van der Waals surface area contributed by atoms with Gasteiger partial charge in [-0.25, -0.2) is 0 Å². The van der Waals surface area contributed by atoms with Crippen LogP contribution in [0.4, 0.5) is 0 Å². The van der Waals surface area contributed by atoms with Crippen LogP contribution in [-0.2, 0) is 0 Å². The van der Waals surface area contributed by atoms with Crippen molar-refractivity contribution in [3.63, 3.8) is 0 Å². The van der Waals surface area contributed by atoms with Crippen LogP contribution in [0.5, 0.6) is 0 Å². The second kappa shape index (κ2) is 5.23. The summed E-state index contributed by atoms with van der Waals surface area (Å²) in [6.07, 6.45) is 8.46. The van der Waals surface area contributed by atoms with E-state index in [-0.39, 0.29) is 0 Å². The van der Waals surface area contributed by atoms with Gasteiger partial charge in [0.15, 0.2) is 0 Å². The highest BCUT2D eigenvalue weighted by Crippen LogP contribution is 2.31. The Balaban J connectivity index is 0.000000461. The van der Waals surface area contributed by atoms with E-state index in [1.165, 1.54) is 31.5 Å². The molecule has 0 spiro atoms. The summed E-state index contributed by atoms with van der Waals surface area (Å²) in [5, 5.41) is 0. The van der Waals surface area contributed by atoms with Gasteiger partial charge in [0.1, 0.15) is 0 Å². The average molecular weight is 193 g/mol. The highest BCUT2D eigenvalue weighted by molar-refractivity contribution is 5.30. The zero-order valence-corrected chi connectivity index (χ0v) is 10.0. The summed E-state index contributed by atoms with van der Waals surface area (Å²) in [4.78, 5) is 2.40. The van der Waals surface area contributed by atoms with Crippen molar-refractivity contribution < 1.29 is 0 Å². The molecule has 1 atom stereocenters. The molecule has 0 N–H and O–H groups in total. The molecule has 0 amide bonds. The van der Waals surface area contributed by atoms with E-state index in [0.29, 0.717) is 0 Å². The highest BCUT2D eigenvalue weighted by Gasteiger charge is 2.21. The molecule has 2 aliphatic rings. The molecule has 0 aromatic carbocycles. The maximum Gasteiger partial charge on any atom is 0.0352 e. The van der Waals surface area contributed by atoms with Crippen molar-refractivity contribution in [2.24, 2.45) is 5.92 Å². The molecule has 1 aliphatic heterocycles. The Morgan fingerprint density at radius 2 is 2.07 bits per heavy atom. The topological polar surface area (TPSA) is 3.24 Å². The zero-order valence-electron chi connectivity index (χ0n) is 10.0. The standard InChI is InChI=1S/C11H17N.C2H6/c1-9-7-10-5-3-4-6-11(10)12(2)8-9;1-2/h4,6,9H,3,5,7-8H2,1-2H3;1-2H3. The fourth-order valence-electron chi connectivity index (χ4n) is 2.35. The molecule has 1 aliphatic carbocycles. The van der Waals surface area contributed by atoms with Gasteiger partial charge in [0.05, 0.1) is 0 Å². The molecule has 80 valence electrons. The number of hydrogen-bond acceptors (Lipinski definition) is 1. The molecule has 1 heterocycles. The van der Waals surface area contributed by atoms with Gasteiger partial charge in [0.2, 0.25) is 0 Å². The molecule has 0 bridgehead atoms. The van der Waals surface area contributed by atoms with E-state index in [2.05, 4.69) is 31.0 Å². The van der Waals surface area contributed by atoms with Crippen molar-refractivity contribution in [2.75, 3.05) is 13.6 Å². The molecule has 1 heteroatoms. The summed E-state index contributed by atoms with van der Waals surface area (Å²) < 4.78 is 0. The largest absolute Gasteiger partial charge is 0.374 e. The summed E-state index contributed by atoms with van der Waals surface area (Å²) in [6, 6.07) is 0. The first kappa shape index (κ1) is 11.4. The van der Waals surface area contributed by atoms with Crippen LogP contribution in [0, 0.1) is 5.92 Å². The Bertz CT molecular complexity index is 238. The minimum Gasteiger partial charge on any atom is -0.374 e. The van der Waals surface area contributed by atoms with Crippen LogP contribution in [0.1, 0.15) is 40.0 Å². The first-order valence-electron chi connectivity index (χ1n) is 5.87. The third-order valence-corrected chi connectivity index (χ3v) is 2.84. The van der Waals surface area contributed by atoms with Gasteiger partial charge < -0.3 is 4.90 Å². The minimum atomic E-state index is 0.847. The van der Waals surface area contributed by atoms with Crippen molar-refractivity contribution in [2.45, 2.75) is 40.0 Å². The molecular formula is C13H23N. The Hall–Kier alpha value is -0.720. The lowest BCUT2D eigenvalue weighted by molar-refractivity contribution is 0.316. The Morgan fingerprint density at radius 3 is 2.79 bits per heavy atom. The summed E-state index contributed by atoms with van der Waals surface area (Å²) in [5.41, 5.74) is 3.18. The van der Waals surface area contributed by atoms with Crippen molar-refractivity contribution in [3.8, 4) is 0 Å². The number of likely N-dealkylation sites (N-methyl/N-ethyl adjacent to an activating group) is 1. The number of hydrogen-bond donors (Lipinski definition) is 0. The van der Waals surface area contributed by atoms with Crippen molar-refractivity contribution in [3.05, 3.63) is 23.4 Å². The molecule has 0 saturated heterocycles. The monoisotopic (exact) mass is 193 g/mol. The van der Waals surface area contributed by atoms with Gasteiger partial charge >= 0.3 is 0 Å². The Kier molecular flexibility index (Phi) is 4.24. The van der Waals surface area contributed by atoms with Crippen molar-refractivity contribution in [1.29, 1.82) is 0 Å². The van der Waals surface area contributed by atoms with Gasteiger partial charge in [-0.3, -0.25) is 0 Å². The fourth-order valence-corrected chi connectivity index (χ4v) is 2.35. The lowest BCUT2D eigenvalue weighted by Gasteiger charge is -2.34. The van der Waals surface area contributed by atoms with E-state index in [9.17, 15) is 0 Å². The van der Waals surface area contributed by atoms with E-state index in [4.69, 9.17) is 0 Å².